The van der Waals surface area contributed by atoms with Crippen LogP contribution in [0.1, 0.15) is 59.3 Å². The van der Waals surface area contributed by atoms with Crippen LogP contribution in [0.5, 0.6) is 0 Å². The molecule has 116 valence electrons. The van der Waals surface area contributed by atoms with Gasteiger partial charge >= 0.3 is 5.97 Å². The quantitative estimate of drug-likeness (QED) is 0.530. The first-order valence-corrected chi connectivity index (χ1v) is 8.96. The molecule has 1 rings (SSSR count). The molecule has 0 aromatic carbocycles. The zero-order valence-electron chi connectivity index (χ0n) is 13.0. The lowest BCUT2D eigenvalue weighted by Gasteiger charge is -2.28. The summed E-state index contributed by atoms with van der Waals surface area (Å²) < 4.78 is 5.20. The number of carbonyl (C=O) groups excluding carboxylic acids is 1. The van der Waals surface area contributed by atoms with Gasteiger partial charge in [0.2, 0.25) is 0 Å². The second kappa shape index (κ2) is 9.43. The Balaban J connectivity index is 2.83. The van der Waals surface area contributed by atoms with E-state index >= 15 is 0 Å². The Hall–Kier alpha value is -0.510. The number of hydrogen-bond donors (Lipinski definition) is 1. The number of carbonyl (C=O) groups is 1. The van der Waals surface area contributed by atoms with E-state index in [1.807, 2.05) is 6.92 Å². The van der Waals surface area contributed by atoms with Crippen molar-refractivity contribution in [2.24, 2.45) is 5.92 Å². The first kappa shape index (κ1) is 17.5. The average Bonchev–Trinajstić information content (AvgIpc) is 2.39. The Kier molecular flexibility index (Phi) is 8.27. The number of hydrogen-bond acceptors (Lipinski definition) is 3. The smallest absolute Gasteiger partial charge is 0.335 e. The van der Waals surface area contributed by atoms with E-state index in [-0.39, 0.29) is 5.97 Å². The summed E-state index contributed by atoms with van der Waals surface area (Å²) in [5.74, 6) is 0.512. The zero-order valence-corrected chi connectivity index (χ0v) is 14.6. The van der Waals surface area contributed by atoms with E-state index in [0.717, 1.165) is 55.1 Å². The average molecular weight is 346 g/mol. The summed E-state index contributed by atoms with van der Waals surface area (Å²) in [7, 11) is 0. The van der Waals surface area contributed by atoms with Crippen LogP contribution in [-0.4, -0.2) is 23.9 Å². The molecule has 0 saturated carbocycles. The minimum atomic E-state index is -0.129. The van der Waals surface area contributed by atoms with Crippen LogP contribution in [0, 0.1) is 5.92 Å². The van der Waals surface area contributed by atoms with Crippen LogP contribution in [0.25, 0.3) is 0 Å². The van der Waals surface area contributed by atoms with Crippen molar-refractivity contribution >= 4 is 21.9 Å². The molecule has 0 amide bonds. The standard InChI is InChI=1S/C16H28BrNO2/c1-4-6-13(9-10-17)18-15-11-12(3)7-8-14(15)16(19)20-5-2/h12-13,18H,4-11H2,1-3H3/t12-,13+/m1/s1. The molecular weight excluding hydrogens is 318 g/mol. The summed E-state index contributed by atoms with van der Waals surface area (Å²) in [6.45, 7) is 6.77. The highest BCUT2D eigenvalue weighted by molar-refractivity contribution is 9.09. The number of halogens is 1. The molecule has 20 heavy (non-hydrogen) atoms. The van der Waals surface area contributed by atoms with Crippen molar-refractivity contribution in [3.63, 3.8) is 0 Å². The second-order valence-corrected chi connectivity index (χ2v) is 6.43. The SMILES string of the molecule is CCC[C@@H](CCBr)NC1=C(C(=O)OCC)CC[C@@H](C)C1. The maximum Gasteiger partial charge on any atom is 0.335 e. The van der Waals surface area contributed by atoms with Crippen LogP contribution in [0.2, 0.25) is 0 Å². The molecule has 2 atom stereocenters. The van der Waals surface area contributed by atoms with Gasteiger partial charge in [0.1, 0.15) is 0 Å². The summed E-state index contributed by atoms with van der Waals surface area (Å²) in [5, 5.41) is 4.61. The third kappa shape index (κ3) is 5.47. The lowest BCUT2D eigenvalue weighted by atomic mass is 9.87. The minimum Gasteiger partial charge on any atom is -0.463 e. The maximum atomic E-state index is 12.1. The van der Waals surface area contributed by atoms with E-state index in [2.05, 4.69) is 35.1 Å². The summed E-state index contributed by atoms with van der Waals surface area (Å²) in [4.78, 5) is 12.1. The summed E-state index contributed by atoms with van der Waals surface area (Å²) >= 11 is 3.52. The predicted molar refractivity (Wildman–Crippen MR) is 86.9 cm³/mol. The summed E-state index contributed by atoms with van der Waals surface area (Å²) in [6.07, 6.45) is 6.27. The fourth-order valence-corrected chi connectivity index (χ4v) is 3.27. The van der Waals surface area contributed by atoms with Gasteiger partial charge in [-0.25, -0.2) is 4.79 Å². The Morgan fingerprint density at radius 2 is 2.20 bits per heavy atom. The molecule has 0 heterocycles. The van der Waals surface area contributed by atoms with Crippen molar-refractivity contribution in [1.82, 2.24) is 5.32 Å². The van der Waals surface area contributed by atoms with E-state index in [0.29, 0.717) is 18.6 Å². The highest BCUT2D eigenvalue weighted by atomic mass is 79.9. The molecule has 0 fully saturated rings. The van der Waals surface area contributed by atoms with E-state index < -0.39 is 0 Å². The Labute approximate surface area is 131 Å². The number of ether oxygens (including phenoxy) is 1. The predicted octanol–water partition coefficient (Wildman–Crippen LogP) is 4.17. The highest BCUT2D eigenvalue weighted by Gasteiger charge is 2.25. The molecule has 0 bridgehead atoms. The first-order valence-electron chi connectivity index (χ1n) is 7.83. The normalized spacial score (nSPS) is 20.7. The van der Waals surface area contributed by atoms with Crippen LogP contribution in [0.4, 0.5) is 0 Å². The van der Waals surface area contributed by atoms with Crippen molar-refractivity contribution in [1.29, 1.82) is 0 Å². The molecular formula is C16H28BrNO2. The van der Waals surface area contributed by atoms with E-state index in [1.54, 1.807) is 0 Å². The van der Waals surface area contributed by atoms with Gasteiger partial charge < -0.3 is 10.1 Å². The number of alkyl halides is 1. The number of nitrogens with one attached hydrogen (secondary N) is 1. The summed E-state index contributed by atoms with van der Waals surface area (Å²) in [6, 6.07) is 0.448. The van der Waals surface area contributed by atoms with Crippen molar-refractivity contribution in [2.75, 3.05) is 11.9 Å². The van der Waals surface area contributed by atoms with Crippen molar-refractivity contribution in [2.45, 2.75) is 65.3 Å². The molecule has 0 spiro atoms. The fourth-order valence-electron chi connectivity index (χ4n) is 2.72. The van der Waals surface area contributed by atoms with E-state index in [4.69, 9.17) is 4.74 Å². The molecule has 4 heteroatoms. The van der Waals surface area contributed by atoms with Gasteiger partial charge in [0.25, 0.3) is 0 Å². The van der Waals surface area contributed by atoms with Crippen LogP contribution in [0.15, 0.2) is 11.3 Å². The molecule has 1 aliphatic rings. The fraction of sp³-hybridized carbons (Fsp3) is 0.812. The van der Waals surface area contributed by atoms with Crippen LogP contribution >= 0.6 is 15.9 Å². The molecule has 0 aromatic heterocycles. The molecule has 1 N–H and O–H groups in total. The van der Waals surface area contributed by atoms with Crippen LogP contribution in [0.3, 0.4) is 0 Å². The first-order chi connectivity index (χ1) is 9.62. The number of rotatable bonds is 8. The topological polar surface area (TPSA) is 38.3 Å². The maximum absolute atomic E-state index is 12.1. The van der Waals surface area contributed by atoms with Gasteiger partial charge in [-0.2, -0.15) is 0 Å². The van der Waals surface area contributed by atoms with Gasteiger partial charge in [-0.05, 0) is 44.9 Å². The minimum absolute atomic E-state index is 0.129. The molecule has 0 aromatic rings. The third-order valence-corrected chi connectivity index (χ3v) is 4.26. The van der Waals surface area contributed by atoms with Gasteiger partial charge in [-0.1, -0.05) is 36.2 Å². The zero-order chi connectivity index (χ0) is 15.0. The Morgan fingerprint density at radius 3 is 2.80 bits per heavy atom. The van der Waals surface area contributed by atoms with Crippen molar-refractivity contribution in [3.05, 3.63) is 11.3 Å². The number of allylic oxidation sites excluding steroid dienone is 1. The van der Waals surface area contributed by atoms with Crippen molar-refractivity contribution in [3.8, 4) is 0 Å². The monoisotopic (exact) mass is 345 g/mol. The van der Waals surface area contributed by atoms with Gasteiger partial charge in [0.05, 0.1) is 12.2 Å². The lowest BCUT2D eigenvalue weighted by Crippen LogP contribution is -2.33. The van der Waals surface area contributed by atoms with Gasteiger partial charge in [0.15, 0.2) is 0 Å². The Morgan fingerprint density at radius 1 is 1.45 bits per heavy atom. The summed E-state index contributed by atoms with van der Waals surface area (Å²) in [5.41, 5.74) is 2.00. The molecule has 0 unspecified atom stereocenters. The van der Waals surface area contributed by atoms with Gasteiger partial charge in [-0.3, -0.25) is 0 Å². The highest BCUT2D eigenvalue weighted by Crippen LogP contribution is 2.29. The van der Waals surface area contributed by atoms with E-state index in [9.17, 15) is 4.79 Å². The van der Waals surface area contributed by atoms with Crippen molar-refractivity contribution < 1.29 is 9.53 Å². The number of esters is 1. The molecule has 1 aliphatic carbocycles. The lowest BCUT2D eigenvalue weighted by molar-refractivity contribution is -0.138. The molecule has 3 nitrogen and oxygen atoms in total. The Bertz CT molecular complexity index is 335. The molecule has 0 radical (unpaired) electrons. The molecule has 0 aliphatic heterocycles. The molecule has 0 saturated heterocycles. The van der Waals surface area contributed by atoms with Crippen LogP contribution in [-0.2, 0) is 9.53 Å². The third-order valence-electron chi connectivity index (χ3n) is 3.80. The largest absolute Gasteiger partial charge is 0.463 e. The van der Waals surface area contributed by atoms with Gasteiger partial charge in [0, 0.05) is 17.1 Å². The second-order valence-electron chi connectivity index (χ2n) is 5.63. The van der Waals surface area contributed by atoms with Crippen LogP contribution < -0.4 is 5.32 Å². The van der Waals surface area contributed by atoms with E-state index in [1.165, 1.54) is 0 Å². The van der Waals surface area contributed by atoms with Gasteiger partial charge in [-0.15, -0.1) is 0 Å².